The van der Waals surface area contributed by atoms with Crippen LogP contribution in [0.3, 0.4) is 0 Å². The normalized spacial score (nSPS) is 19.3. The van der Waals surface area contributed by atoms with Gasteiger partial charge in [-0.2, -0.15) is 0 Å². The Morgan fingerprint density at radius 3 is 2.88 bits per heavy atom. The van der Waals surface area contributed by atoms with Gasteiger partial charge in [-0.15, -0.1) is 0 Å². The van der Waals surface area contributed by atoms with Crippen molar-refractivity contribution in [3.05, 3.63) is 23.8 Å². The van der Waals surface area contributed by atoms with Gasteiger partial charge in [0.25, 0.3) is 0 Å². The number of aliphatic hydroxyl groups excluding tert-OH is 1. The molecule has 0 saturated heterocycles. The zero-order valence-electron chi connectivity index (χ0n) is 9.53. The second kappa shape index (κ2) is 4.14. The van der Waals surface area contributed by atoms with E-state index in [1.807, 2.05) is 36.9 Å². The molecule has 2 rings (SSSR count). The third-order valence-electron chi connectivity index (χ3n) is 3.00. The van der Waals surface area contributed by atoms with Crippen molar-refractivity contribution in [2.75, 3.05) is 16.8 Å². The molecule has 1 aromatic rings. The van der Waals surface area contributed by atoms with Gasteiger partial charge in [0.1, 0.15) is 6.04 Å². The number of anilines is 2. The van der Waals surface area contributed by atoms with Crippen LogP contribution in [0.5, 0.6) is 0 Å². The fourth-order valence-electron chi connectivity index (χ4n) is 2.05. The number of aliphatic hydroxyl groups is 1. The molecule has 1 aliphatic heterocycles. The summed E-state index contributed by atoms with van der Waals surface area (Å²) >= 11 is 0. The van der Waals surface area contributed by atoms with Crippen LogP contribution in [0, 0.1) is 0 Å². The number of carbonyl (C=O) groups is 1. The molecule has 0 bridgehead atoms. The Labute approximate surface area is 94.9 Å². The molecule has 0 fully saturated rings. The van der Waals surface area contributed by atoms with Gasteiger partial charge in [0.2, 0.25) is 5.91 Å². The number of nitrogens with one attached hydrogen (secondary N) is 1. The van der Waals surface area contributed by atoms with Crippen molar-refractivity contribution in [1.82, 2.24) is 0 Å². The van der Waals surface area contributed by atoms with Gasteiger partial charge in [-0.25, -0.2) is 0 Å². The van der Waals surface area contributed by atoms with Gasteiger partial charge < -0.3 is 15.3 Å². The number of benzene rings is 1. The lowest BCUT2D eigenvalue weighted by atomic mass is 10.1. The first-order valence-corrected chi connectivity index (χ1v) is 5.48. The number of hydrogen-bond donors (Lipinski definition) is 2. The molecule has 1 unspecified atom stereocenters. The predicted octanol–water partition coefficient (Wildman–Crippen LogP) is 1.35. The van der Waals surface area contributed by atoms with E-state index >= 15 is 0 Å². The van der Waals surface area contributed by atoms with Gasteiger partial charge in [-0.1, -0.05) is 6.07 Å². The second-order valence-corrected chi connectivity index (χ2v) is 3.96. The number of likely N-dealkylation sites (N-methyl/N-ethyl adjacent to an activating group) is 1. The molecule has 0 aromatic heterocycles. The van der Waals surface area contributed by atoms with E-state index in [1.54, 1.807) is 0 Å². The van der Waals surface area contributed by atoms with Crippen molar-refractivity contribution in [3.63, 3.8) is 0 Å². The average molecular weight is 220 g/mol. The Morgan fingerprint density at radius 2 is 2.25 bits per heavy atom. The molecule has 86 valence electrons. The minimum atomic E-state index is -0.161. The van der Waals surface area contributed by atoms with Crippen LogP contribution in [0.1, 0.15) is 19.4 Å². The fourth-order valence-corrected chi connectivity index (χ4v) is 2.05. The van der Waals surface area contributed by atoms with Gasteiger partial charge in [0.05, 0.1) is 18.0 Å². The summed E-state index contributed by atoms with van der Waals surface area (Å²) in [6, 6.07) is 5.43. The first kappa shape index (κ1) is 11.0. The summed E-state index contributed by atoms with van der Waals surface area (Å²) in [5.74, 6) is 0.0195. The van der Waals surface area contributed by atoms with Crippen LogP contribution >= 0.6 is 0 Å². The molecule has 1 heterocycles. The van der Waals surface area contributed by atoms with E-state index < -0.39 is 0 Å². The van der Waals surface area contributed by atoms with E-state index in [-0.39, 0.29) is 18.6 Å². The van der Waals surface area contributed by atoms with Crippen molar-refractivity contribution in [3.8, 4) is 0 Å². The SMILES string of the molecule is CCN1c2cc(CO)ccc2NC(=O)C1C. The first-order valence-electron chi connectivity index (χ1n) is 5.48. The molecule has 2 N–H and O–H groups in total. The molecule has 0 aliphatic carbocycles. The molecule has 0 saturated carbocycles. The highest BCUT2D eigenvalue weighted by atomic mass is 16.3. The molecular weight excluding hydrogens is 204 g/mol. The van der Waals surface area contributed by atoms with E-state index in [2.05, 4.69) is 5.32 Å². The van der Waals surface area contributed by atoms with Gasteiger partial charge in [0, 0.05) is 6.54 Å². The minimum absolute atomic E-state index is 0.0195. The Bertz CT molecular complexity index is 417. The summed E-state index contributed by atoms with van der Waals surface area (Å²) in [6.07, 6.45) is 0. The fraction of sp³-hybridized carbons (Fsp3) is 0.417. The van der Waals surface area contributed by atoms with Crippen LogP contribution in [0.15, 0.2) is 18.2 Å². The molecule has 0 spiro atoms. The van der Waals surface area contributed by atoms with Crippen molar-refractivity contribution >= 4 is 17.3 Å². The lowest BCUT2D eigenvalue weighted by molar-refractivity contribution is -0.117. The monoisotopic (exact) mass is 220 g/mol. The van der Waals surface area contributed by atoms with Crippen LogP contribution in [-0.2, 0) is 11.4 Å². The van der Waals surface area contributed by atoms with Crippen LogP contribution in [0.25, 0.3) is 0 Å². The number of rotatable bonds is 2. The minimum Gasteiger partial charge on any atom is -0.392 e. The summed E-state index contributed by atoms with van der Waals surface area (Å²) in [5, 5.41) is 12.0. The summed E-state index contributed by atoms with van der Waals surface area (Å²) in [4.78, 5) is 13.7. The zero-order chi connectivity index (χ0) is 11.7. The van der Waals surface area contributed by atoms with Gasteiger partial charge in [-0.3, -0.25) is 4.79 Å². The molecule has 4 nitrogen and oxygen atoms in total. The third kappa shape index (κ3) is 1.65. The quantitative estimate of drug-likeness (QED) is 0.791. The largest absolute Gasteiger partial charge is 0.392 e. The number of nitrogens with zero attached hydrogens (tertiary/aromatic N) is 1. The maximum Gasteiger partial charge on any atom is 0.246 e. The lowest BCUT2D eigenvalue weighted by Crippen LogP contribution is -2.46. The Kier molecular flexibility index (Phi) is 2.83. The zero-order valence-corrected chi connectivity index (χ0v) is 9.53. The average Bonchev–Trinajstić information content (AvgIpc) is 2.30. The van der Waals surface area contributed by atoms with Crippen LogP contribution in [0.2, 0.25) is 0 Å². The van der Waals surface area contributed by atoms with Crippen molar-refractivity contribution in [1.29, 1.82) is 0 Å². The van der Waals surface area contributed by atoms with Gasteiger partial charge in [-0.05, 0) is 31.5 Å². The molecule has 0 radical (unpaired) electrons. The lowest BCUT2D eigenvalue weighted by Gasteiger charge is -2.35. The molecule has 16 heavy (non-hydrogen) atoms. The van der Waals surface area contributed by atoms with Crippen LogP contribution in [-0.4, -0.2) is 23.6 Å². The van der Waals surface area contributed by atoms with E-state index in [0.29, 0.717) is 0 Å². The van der Waals surface area contributed by atoms with Crippen molar-refractivity contribution in [2.45, 2.75) is 26.5 Å². The van der Waals surface area contributed by atoms with E-state index in [1.165, 1.54) is 0 Å². The number of hydrogen-bond acceptors (Lipinski definition) is 3. The summed E-state index contributed by atoms with van der Waals surface area (Å²) in [6.45, 7) is 4.70. The highest BCUT2D eigenvalue weighted by Crippen LogP contribution is 2.32. The number of amides is 1. The Balaban J connectivity index is 2.47. The first-order chi connectivity index (χ1) is 7.67. The molecule has 1 atom stereocenters. The van der Waals surface area contributed by atoms with Crippen molar-refractivity contribution in [2.24, 2.45) is 0 Å². The summed E-state index contributed by atoms with van der Waals surface area (Å²) in [5.41, 5.74) is 2.67. The van der Waals surface area contributed by atoms with E-state index in [4.69, 9.17) is 5.11 Å². The van der Waals surface area contributed by atoms with E-state index in [0.717, 1.165) is 23.5 Å². The van der Waals surface area contributed by atoms with Gasteiger partial charge >= 0.3 is 0 Å². The molecule has 1 aliphatic rings. The number of fused-ring (bicyclic) bond motifs is 1. The maximum atomic E-state index is 11.7. The topological polar surface area (TPSA) is 52.6 Å². The van der Waals surface area contributed by atoms with Crippen molar-refractivity contribution < 1.29 is 9.90 Å². The third-order valence-corrected chi connectivity index (χ3v) is 3.00. The van der Waals surface area contributed by atoms with Crippen LogP contribution < -0.4 is 10.2 Å². The highest BCUT2D eigenvalue weighted by molar-refractivity contribution is 6.03. The second-order valence-electron chi connectivity index (χ2n) is 3.96. The van der Waals surface area contributed by atoms with E-state index in [9.17, 15) is 4.79 Å². The smallest absolute Gasteiger partial charge is 0.246 e. The Hall–Kier alpha value is -1.55. The summed E-state index contributed by atoms with van der Waals surface area (Å²) in [7, 11) is 0. The summed E-state index contributed by atoms with van der Waals surface area (Å²) < 4.78 is 0. The molecular formula is C12H16N2O2. The molecule has 4 heteroatoms. The van der Waals surface area contributed by atoms with Gasteiger partial charge in [0.15, 0.2) is 0 Å². The number of carbonyl (C=O) groups excluding carboxylic acids is 1. The van der Waals surface area contributed by atoms with Crippen LogP contribution in [0.4, 0.5) is 11.4 Å². The Morgan fingerprint density at radius 1 is 1.50 bits per heavy atom. The molecule has 1 amide bonds. The molecule has 1 aromatic carbocycles. The highest BCUT2D eigenvalue weighted by Gasteiger charge is 2.28. The predicted molar refractivity (Wildman–Crippen MR) is 63.5 cm³/mol. The standard InChI is InChI=1S/C12H16N2O2/c1-3-14-8(2)12(16)13-10-5-4-9(7-15)6-11(10)14/h4-6,8,15H,3,7H2,1-2H3,(H,13,16). The maximum absolute atomic E-state index is 11.7.